The number of amides is 2. The van der Waals surface area contributed by atoms with Crippen molar-refractivity contribution in [3.63, 3.8) is 0 Å². The van der Waals surface area contributed by atoms with Crippen LogP contribution in [0.5, 0.6) is 0 Å². The molecule has 1 aromatic rings. The zero-order valence-corrected chi connectivity index (χ0v) is 10.8. The Morgan fingerprint density at radius 3 is 2.84 bits per heavy atom. The lowest BCUT2D eigenvalue weighted by Crippen LogP contribution is -2.30. The lowest BCUT2D eigenvalue weighted by atomic mass is 9.95. The maximum Gasteiger partial charge on any atom is 0.232 e. The van der Waals surface area contributed by atoms with Crippen molar-refractivity contribution in [1.82, 2.24) is 4.90 Å². The molecule has 1 N–H and O–H groups in total. The molecule has 0 spiro atoms. The first kappa shape index (κ1) is 12.0. The fourth-order valence-electron chi connectivity index (χ4n) is 2.63. The van der Waals surface area contributed by atoms with Gasteiger partial charge < -0.3 is 10.2 Å². The molecule has 0 fully saturated rings. The molecule has 4 heteroatoms. The first-order valence-corrected chi connectivity index (χ1v) is 6.49. The average molecular weight is 256 g/mol. The maximum absolute atomic E-state index is 12.1. The number of carbonyl (C=O) groups is 2. The lowest BCUT2D eigenvalue weighted by molar-refractivity contribution is -0.132. The number of fused-ring (bicyclic) bond motifs is 1. The molecule has 0 saturated heterocycles. The molecular formula is C15H16N2O2. The molecule has 4 nitrogen and oxygen atoms in total. The van der Waals surface area contributed by atoms with E-state index < -0.39 is 0 Å². The molecule has 0 aromatic heterocycles. The van der Waals surface area contributed by atoms with E-state index >= 15 is 0 Å². The molecule has 2 heterocycles. The van der Waals surface area contributed by atoms with Crippen molar-refractivity contribution >= 4 is 17.5 Å². The van der Waals surface area contributed by atoms with Crippen molar-refractivity contribution in [2.45, 2.75) is 19.3 Å². The van der Waals surface area contributed by atoms with E-state index in [1.54, 1.807) is 4.90 Å². The molecule has 19 heavy (non-hydrogen) atoms. The summed E-state index contributed by atoms with van der Waals surface area (Å²) >= 11 is 0. The second kappa shape index (κ2) is 4.53. The van der Waals surface area contributed by atoms with Crippen LogP contribution in [0.4, 0.5) is 5.69 Å². The molecule has 0 aliphatic carbocycles. The number of hydrogen-bond donors (Lipinski definition) is 1. The highest BCUT2D eigenvalue weighted by atomic mass is 16.2. The Kier molecular flexibility index (Phi) is 2.85. The molecule has 2 aliphatic heterocycles. The highest BCUT2D eigenvalue weighted by Gasteiger charge is 2.33. The minimum Gasteiger partial charge on any atom is -0.335 e. The van der Waals surface area contributed by atoms with E-state index in [0.717, 1.165) is 16.8 Å². The summed E-state index contributed by atoms with van der Waals surface area (Å²) in [4.78, 5) is 25.9. The topological polar surface area (TPSA) is 49.4 Å². The van der Waals surface area contributed by atoms with Crippen LogP contribution >= 0.6 is 0 Å². The normalized spacial score (nSPS) is 20.6. The molecule has 1 atom stereocenters. The number of hydrogen-bond acceptors (Lipinski definition) is 2. The monoisotopic (exact) mass is 256 g/mol. The third-order valence-electron chi connectivity index (χ3n) is 3.71. The quantitative estimate of drug-likeness (QED) is 0.820. The summed E-state index contributed by atoms with van der Waals surface area (Å²) < 4.78 is 0. The summed E-state index contributed by atoms with van der Waals surface area (Å²) in [6, 6.07) is 5.87. The van der Waals surface area contributed by atoms with Gasteiger partial charge in [0.1, 0.15) is 0 Å². The SMILES string of the molecule is Cc1ccc2c(c1)C(CC(=O)N1CC=CC1)C(=O)N2. The maximum atomic E-state index is 12.1. The van der Waals surface area contributed by atoms with Crippen molar-refractivity contribution < 1.29 is 9.59 Å². The van der Waals surface area contributed by atoms with Crippen molar-refractivity contribution in [2.24, 2.45) is 0 Å². The second-order valence-corrected chi connectivity index (χ2v) is 5.11. The van der Waals surface area contributed by atoms with Crippen molar-refractivity contribution in [3.05, 3.63) is 41.5 Å². The Bertz CT molecular complexity index is 570. The summed E-state index contributed by atoms with van der Waals surface area (Å²) in [5, 5.41) is 2.85. The van der Waals surface area contributed by atoms with E-state index in [4.69, 9.17) is 0 Å². The van der Waals surface area contributed by atoms with Crippen molar-refractivity contribution in [2.75, 3.05) is 18.4 Å². The standard InChI is InChI=1S/C15H16N2O2/c1-10-4-5-13-11(8-10)12(15(19)16-13)9-14(18)17-6-2-3-7-17/h2-5,8,12H,6-7,9H2,1H3,(H,16,19). The number of aryl methyl sites for hydroxylation is 1. The van der Waals surface area contributed by atoms with Crippen molar-refractivity contribution in [1.29, 1.82) is 0 Å². The third kappa shape index (κ3) is 2.14. The Morgan fingerprint density at radius 1 is 1.37 bits per heavy atom. The van der Waals surface area contributed by atoms with Crippen LogP contribution < -0.4 is 5.32 Å². The summed E-state index contributed by atoms with van der Waals surface area (Å²) in [6.45, 7) is 3.31. The summed E-state index contributed by atoms with van der Waals surface area (Å²) in [5.41, 5.74) is 2.90. The fourth-order valence-corrected chi connectivity index (χ4v) is 2.63. The van der Waals surface area contributed by atoms with Gasteiger partial charge in [-0.1, -0.05) is 29.8 Å². The van der Waals surface area contributed by atoms with Crippen LogP contribution in [-0.4, -0.2) is 29.8 Å². The molecule has 2 amide bonds. The van der Waals surface area contributed by atoms with Gasteiger partial charge >= 0.3 is 0 Å². The summed E-state index contributed by atoms with van der Waals surface area (Å²) in [7, 11) is 0. The first-order chi connectivity index (χ1) is 9.15. The van der Waals surface area contributed by atoms with E-state index in [1.807, 2.05) is 37.3 Å². The third-order valence-corrected chi connectivity index (χ3v) is 3.71. The van der Waals surface area contributed by atoms with Crippen LogP contribution in [0.2, 0.25) is 0 Å². The molecular weight excluding hydrogens is 240 g/mol. The van der Waals surface area contributed by atoms with Gasteiger partial charge in [-0.3, -0.25) is 9.59 Å². The molecule has 2 aliphatic rings. The molecule has 98 valence electrons. The molecule has 0 radical (unpaired) electrons. The van der Waals surface area contributed by atoms with Gasteiger partial charge in [0.15, 0.2) is 0 Å². The minimum absolute atomic E-state index is 0.0412. The molecule has 1 aromatic carbocycles. The van der Waals surface area contributed by atoms with Crippen LogP contribution in [0, 0.1) is 6.92 Å². The van der Waals surface area contributed by atoms with Gasteiger partial charge in [-0.15, -0.1) is 0 Å². The minimum atomic E-state index is -0.344. The average Bonchev–Trinajstić information content (AvgIpc) is 2.99. The number of carbonyl (C=O) groups excluding carboxylic acids is 2. The summed E-state index contributed by atoms with van der Waals surface area (Å²) in [5.74, 6) is -0.372. The van der Waals surface area contributed by atoms with Gasteiger partial charge in [-0.25, -0.2) is 0 Å². The zero-order chi connectivity index (χ0) is 13.4. The van der Waals surface area contributed by atoms with E-state index in [9.17, 15) is 9.59 Å². The predicted octanol–water partition coefficient (Wildman–Crippen LogP) is 1.82. The Balaban J connectivity index is 1.80. The van der Waals surface area contributed by atoms with Gasteiger partial charge in [0.25, 0.3) is 0 Å². The van der Waals surface area contributed by atoms with E-state index in [-0.39, 0.29) is 24.2 Å². The second-order valence-electron chi connectivity index (χ2n) is 5.11. The first-order valence-electron chi connectivity index (χ1n) is 6.49. The van der Waals surface area contributed by atoms with E-state index in [1.165, 1.54) is 0 Å². The van der Waals surface area contributed by atoms with Gasteiger partial charge in [0, 0.05) is 25.2 Å². The number of benzene rings is 1. The number of rotatable bonds is 2. The summed E-state index contributed by atoms with van der Waals surface area (Å²) in [6.07, 6.45) is 4.21. The molecule has 0 bridgehead atoms. The smallest absolute Gasteiger partial charge is 0.232 e. The highest BCUT2D eigenvalue weighted by molar-refractivity contribution is 6.05. The number of nitrogens with zero attached hydrogens (tertiary/aromatic N) is 1. The van der Waals surface area contributed by atoms with Crippen LogP contribution in [0.25, 0.3) is 0 Å². The van der Waals surface area contributed by atoms with Gasteiger partial charge in [0.05, 0.1) is 5.92 Å². The van der Waals surface area contributed by atoms with Crippen molar-refractivity contribution in [3.8, 4) is 0 Å². The van der Waals surface area contributed by atoms with Crippen LogP contribution in [0.3, 0.4) is 0 Å². The molecule has 3 rings (SSSR count). The van der Waals surface area contributed by atoms with E-state index in [2.05, 4.69) is 5.32 Å². The molecule has 1 unspecified atom stereocenters. The number of anilines is 1. The highest BCUT2D eigenvalue weighted by Crippen LogP contribution is 2.35. The predicted molar refractivity (Wildman–Crippen MR) is 72.9 cm³/mol. The van der Waals surface area contributed by atoms with Crippen LogP contribution in [0.1, 0.15) is 23.5 Å². The van der Waals surface area contributed by atoms with Gasteiger partial charge in [-0.2, -0.15) is 0 Å². The van der Waals surface area contributed by atoms with Crippen LogP contribution in [-0.2, 0) is 9.59 Å². The Hall–Kier alpha value is -2.10. The van der Waals surface area contributed by atoms with Crippen LogP contribution in [0.15, 0.2) is 30.4 Å². The number of nitrogens with one attached hydrogen (secondary N) is 1. The Morgan fingerprint density at radius 2 is 2.11 bits per heavy atom. The van der Waals surface area contributed by atoms with Gasteiger partial charge in [-0.05, 0) is 18.6 Å². The lowest BCUT2D eigenvalue weighted by Gasteiger charge is -2.17. The fraction of sp³-hybridized carbons (Fsp3) is 0.333. The largest absolute Gasteiger partial charge is 0.335 e. The molecule has 0 saturated carbocycles. The Labute approximate surface area is 112 Å². The zero-order valence-electron chi connectivity index (χ0n) is 10.8. The van der Waals surface area contributed by atoms with Gasteiger partial charge in [0.2, 0.25) is 11.8 Å². The van der Waals surface area contributed by atoms with E-state index in [0.29, 0.717) is 13.1 Å².